The Morgan fingerprint density at radius 1 is 1.26 bits per heavy atom. The number of carbonyl (C=O) groups is 1. The molecule has 6 nitrogen and oxygen atoms in total. The molecule has 7 heteroatoms. The van der Waals surface area contributed by atoms with Gasteiger partial charge in [-0.2, -0.15) is 0 Å². The molecule has 0 fully saturated rings. The number of hydrogen-bond acceptors (Lipinski definition) is 5. The predicted octanol–water partition coefficient (Wildman–Crippen LogP) is 4.86. The molecule has 0 aromatic heterocycles. The van der Waals surface area contributed by atoms with Crippen LogP contribution >= 0.6 is 11.6 Å². The molecule has 1 heterocycles. The summed E-state index contributed by atoms with van der Waals surface area (Å²) in [7, 11) is 1.36. The number of allylic oxidation sites excluding steroid dienone is 2. The van der Waals surface area contributed by atoms with Crippen molar-refractivity contribution < 1.29 is 14.5 Å². The second-order valence-electron chi connectivity index (χ2n) is 6.73. The maximum Gasteiger partial charge on any atom is 0.337 e. The lowest BCUT2D eigenvalue weighted by Gasteiger charge is -2.38. The number of carbonyl (C=O) groups excluding carboxylic acids is 1. The largest absolute Gasteiger partial charge is 0.465 e. The predicted molar refractivity (Wildman–Crippen MR) is 102 cm³/mol. The summed E-state index contributed by atoms with van der Waals surface area (Å²) in [6.45, 7) is 0. The van der Waals surface area contributed by atoms with Crippen LogP contribution in [0.3, 0.4) is 0 Å². The SMILES string of the molecule is COC(=O)c1ccc2c(c1)[C@@H]1C=CC[C@@H]1[C@H](c1cc([N+](=O)[O-])ccc1Cl)N2. The fraction of sp³-hybridized carbons (Fsp3) is 0.250. The number of fused-ring (bicyclic) bond motifs is 3. The van der Waals surface area contributed by atoms with Crippen molar-refractivity contribution in [1.82, 2.24) is 0 Å². The molecular formula is C20H17ClN2O4. The monoisotopic (exact) mass is 384 g/mol. The van der Waals surface area contributed by atoms with Crippen LogP contribution in [-0.2, 0) is 4.74 Å². The lowest BCUT2D eigenvalue weighted by atomic mass is 9.76. The molecule has 0 radical (unpaired) electrons. The van der Waals surface area contributed by atoms with Crippen LogP contribution in [0.4, 0.5) is 11.4 Å². The third kappa shape index (κ3) is 2.96. The highest BCUT2D eigenvalue weighted by atomic mass is 35.5. The highest BCUT2D eigenvalue weighted by molar-refractivity contribution is 6.31. The van der Waals surface area contributed by atoms with Crippen molar-refractivity contribution in [2.45, 2.75) is 18.4 Å². The van der Waals surface area contributed by atoms with Crippen molar-refractivity contribution in [2.24, 2.45) is 5.92 Å². The Balaban J connectivity index is 1.78. The molecular weight excluding hydrogens is 368 g/mol. The molecule has 0 saturated carbocycles. The number of methoxy groups -OCH3 is 1. The Labute approximate surface area is 160 Å². The first-order valence-electron chi connectivity index (χ1n) is 8.59. The summed E-state index contributed by atoms with van der Waals surface area (Å²) in [5.74, 6) is -0.115. The molecule has 0 amide bonds. The highest BCUT2D eigenvalue weighted by Gasteiger charge is 2.39. The second kappa shape index (κ2) is 6.70. The first-order valence-corrected chi connectivity index (χ1v) is 8.96. The molecule has 2 aliphatic rings. The average molecular weight is 385 g/mol. The third-order valence-corrected chi connectivity index (χ3v) is 5.65. The van der Waals surface area contributed by atoms with Crippen molar-refractivity contribution in [3.8, 4) is 0 Å². The quantitative estimate of drug-likeness (QED) is 0.353. The van der Waals surface area contributed by atoms with E-state index in [0.717, 1.165) is 17.7 Å². The number of esters is 1. The standard InChI is InChI=1S/C20H17ClN2O4/c1-27-20(24)11-5-8-18-15(9-11)13-3-2-4-14(13)19(22-18)16-10-12(23(25)26)6-7-17(16)21/h2-3,5-10,13-14,19,22H,4H2,1H3/t13-,14+,19-/m1/s1. The van der Waals surface area contributed by atoms with E-state index in [9.17, 15) is 14.9 Å². The number of benzene rings is 2. The minimum absolute atomic E-state index is 0.0190. The summed E-state index contributed by atoms with van der Waals surface area (Å²) in [5, 5.41) is 15.2. The minimum Gasteiger partial charge on any atom is -0.465 e. The second-order valence-corrected chi connectivity index (χ2v) is 7.14. The van der Waals surface area contributed by atoms with E-state index in [1.54, 1.807) is 18.2 Å². The number of nitrogens with zero attached hydrogens (tertiary/aromatic N) is 1. The van der Waals surface area contributed by atoms with Crippen LogP contribution in [-0.4, -0.2) is 18.0 Å². The topological polar surface area (TPSA) is 81.5 Å². The molecule has 138 valence electrons. The number of halogens is 1. The zero-order chi connectivity index (χ0) is 19.1. The van der Waals surface area contributed by atoms with Gasteiger partial charge in [0.25, 0.3) is 5.69 Å². The Bertz CT molecular complexity index is 972. The number of non-ortho nitro benzene ring substituents is 1. The van der Waals surface area contributed by atoms with Crippen molar-refractivity contribution in [3.05, 3.63) is 80.4 Å². The fourth-order valence-electron chi connectivity index (χ4n) is 4.03. The number of anilines is 1. The summed E-state index contributed by atoms with van der Waals surface area (Å²) in [6.07, 6.45) is 5.06. The van der Waals surface area contributed by atoms with E-state index >= 15 is 0 Å². The summed E-state index contributed by atoms with van der Waals surface area (Å²) in [5.41, 5.74) is 3.15. The number of rotatable bonds is 3. The summed E-state index contributed by atoms with van der Waals surface area (Å²) < 4.78 is 4.82. The van der Waals surface area contributed by atoms with Crippen LogP contribution in [0.15, 0.2) is 48.6 Å². The summed E-state index contributed by atoms with van der Waals surface area (Å²) >= 11 is 6.39. The van der Waals surface area contributed by atoms with Gasteiger partial charge >= 0.3 is 5.97 Å². The Hall–Kier alpha value is -2.86. The van der Waals surface area contributed by atoms with E-state index in [1.807, 2.05) is 12.1 Å². The average Bonchev–Trinajstić information content (AvgIpc) is 3.17. The third-order valence-electron chi connectivity index (χ3n) is 5.31. The molecule has 2 aromatic carbocycles. The van der Waals surface area contributed by atoms with Gasteiger partial charge in [0.1, 0.15) is 0 Å². The number of nitro benzene ring substituents is 1. The van der Waals surface area contributed by atoms with E-state index < -0.39 is 4.92 Å². The number of nitrogens with one attached hydrogen (secondary N) is 1. The van der Waals surface area contributed by atoms with Gasteiger partial charge in [0.2, 0.25) is 0 Å². The molecule has 0 unspecified atom stereocenters. The van der Waals surface area contributed by atoms with Gasteiger partial charge in [-0.05, 0) is 42.2 Å². The first kappa shape index (κ1) is 17.5. The molecule has 2 aromatic rings. The van der Waals surface area contributed by atoms with Gasteiger partial charge in [0.05, 0.1) is 23.6 Å². The molecule has 1 N–H and O–H groups in total. The van der Waals surface area contributed by atoms with Crippen molar-refractivity contribution >= 4 is 28.9 Å². The maximum atomic E-state index is 11.9. The molecule has 0 saturated heterocycles. The first-order chi connectivity index (χ1) is 13.0. The smallest absolute Gasteiger partial charge is 0.337 e. The van der Waals surface area contributed by atoms with E-state index in [2.05, 4.69) is 17.5 Å². The molecule has 1 aliphatic carbocycles. The van der Waals surface area contributed by atoms with Crippen molar-refractivity contribution in [1.29, 1.82) is 0 Å². The van der Waals surface area contributed by atoms with Gasteiger partial charge in [-0.15, -0.1) is 0 Å². The van der Waals surface area contributed by atoms with E-state index in [-0.39, 0.29) is 29.5 Å². The highest BCUT2D eigenvalue weighted by Crippen LogP contribution is 2.51. The fourth-order valence-corrected chi connectivity index (χ4v) is 4.27. The van der Waals surface area contributed by atoms with Crippen molar-refractivity contribution in [2.75, 3.05) is 12.4 Å². The molecule has 4 rings (SSSR count). The molecule has 0 spiro atoms. The normalized spacial score (nSPS) is 22.5. The van der Waals surface area contributed by atoms with Gasteiger partial charge in [0.15, 0.2) is 0 Å². The summed E-state index contributed by atoms with van der Waals surface area (Å²) in [6, 6.07) is 9.79. The zero-order valence-electron chi connectivity index (χ0n) is 14.5. The van der Waals surface area contributed by atoms with Gasteiger partial charge < -0.3 is 10.1 Å². The van der Waals surface area contributed by atoms with Crippen LogP contribution < -0.4 is 5.32 Å². The lowest BCUT2D eigenvalue weighted by molar-refractivity contribution is -0.384. The van der Waals surface area contributed by atoms with Crippen LogP contribution in [0.1, 0.15) is 39.9 Å². The lowest BCUT2D eigenvalue weighted by Crippen LogP contribution is -2.29. The van der Waals surface area contributed by atoms with Crippen LogP contribution in [0.25, 0.3) is 0 Å². The van der Waals surface area contributed by atoms with Gasteiger partial charge in [-0.3, -0.25) is 10.1 Å². The molecule has 0 bridgehead atoms. The van der Waals surface area contributed by atoms with Crippen LogP contribution in [0.2, 0.25) is 5.02 Å². The van der Waals surface area contributed by atoms with Crippen molar-refractivity contribution in [3.63, 3.8) is 0 Å². The van der Waals surface area contributed by atoms with E-state index in [1.165, 1.54) is 13.2 Å². The van der Waals surface area contributed by atoms with Gasteiger partial charge in [-0.1, -0.05) is 23.8 Å². The number of hydrogen-bond donors (Lipinski definition) is 1. The maximum absolute atomic E-state index is 11.9. The van der Waals surface area contributed by atoms with Gasteiger partial charge in [-0.25, -0.2) is 4.79 Å². The van der Waals surface area contributed by atoms with Crippen LogP contribution in [0.5, 0.6) is 0 Å². The number of nitro groups is 1. The number of ether oxygens (including phenoxy) is 1. The van der Waals surface area contributed by atoms with E-state index in [0.29, 0.717) is 16.1 Å². The van der Waals surface area contributed by atoms with E-state index in [4.69, 9.17) is 16.3 Å². The summed E-state index contributed by atoms with van der Waals surface area (Å²) in [4.78, 5) is 22.7. The molecule has 3 atom stereocenters. The van der Waals surface area contributed by atoms with Gasteiger partial charge in [0, 0.05) is 34.3 Å². The minimum atomic E-state index is -0.413. The zero-order valence-corrected chi connectivity index (χ0v) is 15.3. The molecule has 1 aliphatic heterocycles. The Kier molecular flexibility index (Phi) is 4.36. The van der Waals surface area contributed by atoms with Crippen LogP contribution in [0, 0.1) is 16.0 Å². The Morgan fingerprint density at radius 3 is 2.81 bits per heavy atom. The molecule has 27 heavy (non-hydrogen) atoms. The Morgan fingerprint density at radius 2 is 2.07 bits per heavy atom.